The Labute approximate surface area is 168 Å². The van der Waals surface area contributed by atoms with Gasteiger partial charge < -0.3 is 9.80 Å². The van der Waals surface area contributed by atoms with Crippen molar-refractivity contribution in [3.63, 3.8) is 0 Å². The summed E-state index contributed by atoms with van der Waals surface area (Å²) in [4.78, 5) is 29.4. The molecule has 0 radical (unpaired) electrons. The highest BCUT2D eigenvalue weighted by Gasteiger charge is 2.31. The van der Waals surface area contributed by atoms with Gasteiger partial charge in [0.25, 0.3) is 5.91 Å². The molecule has 2 amide bonds. The van der Waals surface area contributed by atoms with Gasteiger partial charge >= 0.3 is 0 Å². The third-order valence-corrected chi connectivity index (χ3v) is 6.34. The molecule has 0 bridgehead atoms. The lowest BCUT2D eigenvalue weighted by Crippen LogP contribution is -2.44. The van der Waals surface area contributed by atoms with E-state index in [0.717, 1.165) is 42.3 Å². The number of rotatable bonds is 2. The van der Waals surface area contributed by atoms with E-state index in [1.165, 1.54) is 12.8 Å². The maximum atomic E-state index is 12.8. The van der Waals surface area contributed by atoms with Crippen molar-refractivity contribution in [1.82, 2.24) is 9.80 Å². The van der Waals surface area contributed by atoms with Crippen molar-refractivity contribution in [2.24, 2.45) is 5.92 Å². The molecule has 0 unspecified atom stereocenters. The number of nitrogens with zero attached hydrogens (tertiary/aromatic N) is 2. The van der Waals surface area contributed by atoms with E-state index in [0.29, 0.717) is 29.6 Å². The molecule has 3 rings (SSSR count). The van der Waals surface area contributed by atoms with Crippen LogP contribution in [0.2, 0.25) is 5.02 Å². The number of carbonyl (C=O) groups excluding carboxylic acids is 2. The summed E-state index contributed by atoms with van der Waals surface area (Å²) >= 11 is 8.13. The Bertz CT molecular complexity index is 636. The van der Waals surface area contributed by atoms with Crippen LogP contribution >= 0.6 is 34.2 Å². The van der Waals surface area contributed by atoms with E-state index in [2.05, 4.69) is 27.5 Å². The molecule has 4 nitrogen and oxygen atoms in total. The lowest BCUT2D eigenvalue weighted by Gasteiger charge is -2.34. The highest BCUT2D eigenvalue weighted by atomic mass is 127. The smallest absolute Gasteiger partial charge is 0.254 e. The third-order valence-electron chi connectivity index (χ3n) is 5.21. The van der Waals surface area contributed by atoms with Gasteiger partial charge in [0.2, 0.25) is 5.91 Å². The molecule has 0 aromatic heterocycles. The number of benzene rings is 1. The number of hydrogen-bond acceptors (Lipinski definition) is 2. The first-order valence-electron chi connectivity index (χ1n) is 9.09. The molecule has 1 aromatic carbocycles. The standard InChI is InChI=1S/C19H24ClIN2O2/c20-15-5-6-16(17(21)13-15)19(25)23-11-7-14(8-12-23)18(24)22-9-3-1-2-4-10-22/h5-6,13-14H,1-4,7-12H2. The second-order valence-corrected chi connectivity index (χ2v) is 8.53. The Balaban J connectivity index is 1.57. The van der Waals surface area contributed by atoms with Crippen LogP contribution in [0.4, 0.5) is 0 Å². The number of halogens is 2. The average Bonchev–Trinajstić information content (AvgIpc) is 2.90. The van der Waals surface area contributed by atoms with Crippen LogP contribution in [-0.4, -0.2) is 47.8 Å². The van der Waals surface area contributed by atoms with E-state index in [-0.39, 0.29) is 11.8 Å². The van der Waals surface area contributed by atoms with E-state index in [9.17, 15) is 9.59 Å². The minimum absolute atomic E-state index is 0.0433. The van der Waals surface area contributed by atoms with Gasteiger partial charge in [-0.3, -0.25) is 9.59 Å². The van der Waals surface area contributed by atoms with Crippen LogP contribution in [0.25, 0.3) is 0 Å². The third kappa shape index (κ3) is 4.67. The minimum Gasteiger partial charge on any atom is -0.342 e. The molecule has 0 aliphatic carbocycles. The lowest BCUT2D eigenvalue weighted by atomic mass is 9.94. The fourth-order valence-electron chi connectivity index (χ4n) is 3.71. The average molecular weight is 475 g/mol. The van der Waals surface area contributed by atoms with Gasteiger partial charge in [0.15, 0.2) is 0 Å². The van der Waals surface area contributed by atoms with Crippen LogP contribution in [0.3, 0.4) is 0 Å². The largest absolute Gasteiger partial charge is 0.342 e. The van der Waals surface area contributed by atoms with Crippen molar-refractivity contribution in [3.05, 3.63) is 32.4 Å². The van der Waals surface area contributed by atoms with E-state index in [1.54, 1.807) is 12.1 Å². The van der Waals surface area contributed by atoms with Crippen LogP contribution in [0.15, 0.2) is 18.2 Å². The SMILES string of the molecule is O=C(c1ccc(Cl)cc1I)N1CCC(C(=O)N2CCCCCC2)CC1. The van der Waals surface area contributed by atoms with Gasteiger partial charge in [0.05, 0.1) is 5.56 Å². The van der Waals surface area contributed by atoms with Crippen molar-refractivity contribution in [3.8, 4) is 0 Å². The van der Waals surface area contributed by atoms with Crippen LogP contribution in [0.5, 0.6) is 0 Å². The number of amides is 2. The molecule has 1 aromatic rings. The van der Waals surface area contributed by atoms with Crippen molar-refractivity contribution in [2.45, 2.75) is 38.5 Å². The summed E-state index contributed by atoms with van der Waals surface area (Å²) in [6.07, 6.45) is 6.25. The molecule has 2 saturated heterocycles. The molecule has 0 spiro atoms. The highest BCUT2D eigenvalue weighted by Crippen LogP contribution is 2.25. The summed E-state index contributed by atoms with van der Waals surface area (Å²) in [6.45, 7) is 3.12. The van der Waals surface area contributed by atoms with E-state index in [4.69, 9.17) is 11.6 Å². The molecule has 2 heterocycles. The number of piperidine rings is 1. The van der Waals surface area contributed by atoms with Crippen molar-refractivity contribution in [2.75, 3.05) is 26.2 Å². The van der Waals surface area contributed by atoms with Gasteiger partial charge in [-0.15, -0.1) is 0 Å². The molecule has 0 N–H and O–H groups in total. The molecule has 6 heteroatoms. The zero-order chi connectivity index (χ0) is 17.8. The number of likely N-dealkylation sites (tertiary alicyclic amines) is 2. The van der Waals surface area contributed by atoms with Gasteiger partial charge in [0, 0.05) is 40.7 Å². The predicted molar refractivity (Wildman–Crippen MR) is 108 cm³/mol. The molecule has 25 heavy (non-hydrogen) atoms. The Morgan fingerprint density at radius 3 is 2.20 bits per heavy atom. The molecule has 0 atom stereocenters. The first-order valence-corrected chi connectivity index (χ1v) is 10.5. The predicted octanol–water partition coefficient (Wildman–Crippen LogP) is 4.20. The highest BCUT2D eigenvalue weighted by molar-refractivity contribution is 14.1. The Morgan fingerprint density at radius 2 is 1.60 bits per heavy atom. The summed E-state index contributed by atoms with van der Waals surface area (Å²) in [5.41, 5.74) is 0.697. The molecular weight excluding hydrogens is 451 g/mol. The molecule has 0 saturated carbocycles. The maximum Gasteiger partial charge on any atom is 0.254 e. The summed E-state index contributed by atoms with van der Waals surface area (Å²) in [6, 6.07) is 5.36. The summed E-state index contributed by atoms with van der Waals surface area (Å²) in [5, 5.41) is 0.641. The Morgan fingerprint density at radius 1 is 0.960 bits per heavy atom. The quantitative estimate of drug-likeness (QED) is 0.603. The van der Waals surface area contributed by atoms with E-state index in [1.807, 2.05) is 11.0 Å². The van der Waals surface area contributed by atoms with Crippen LogP contribution in [0.1, 0.15) is 48.9 Å². The summed E-state index contributed by atoms with van der Waals surface area (Å²) < 4.78 is 0.873. The minimum atomic E-state index is 0.0433. The zero-order valence-electron chi connectivity index (χ0n) is 14.3. The Hall–Kier alpha value is -0.820. The van der Waals surface area contributed by atoms with Crippen molar-refractivity contribution in [1.29, 1.82) is 0 Å². The van der Waals surface area contributed by atoms with E-state index < -0.39 is 0 Å². The molecule has 2 aliphatic heterocycles. The molecule has 2 fully saturated rings. The van der Waals surface area contributed by atoms with Gasteiger partial charge in [-0.25, -0.2) is 0 Å². The molecule has 2 aliphatic rings. The van der Waals surface area contributed by atoms with Crippen molar-refractivity contribution >= 4 is 46.0 Å². The van der Waals surface area contributed by atoms with Gasteiger partial charge in [-0.05, 0) is 66.5 Å². The summed E-state index contributed by atoms with van der Waals surface area (Å²) in [5.74, 6) is 0.420. The maximum absolute atomic E-state index is 12.8. The van der Waals surface area contributed by atoms with Crippen LogP contribution in [0, 0.1) is 9.49 Å². The second-order valence-electron chi connectivity index (χ2n) is 6.93. The van der Waals surface area contributed by atoms with Crippen LogP contribution in [-0.2, 0) is 4.79 Å². The first-order chi connectivity index (χ1) is 12.1. The zero-order valence-corrected chi connectivity index (χ0v) is 17.3. The van der Waals surface area contributed by atoms with Crippen molar-refractivity contribution < 1.29 is 9.59 Å². The summed E-state index contributed by atoms with van der Waals surface area (Å²) in [7, 11) is 0. The molecule has 136 valence electrons. The molecular formula is C19H24ClIN2O2. The topological polar surface area (TPSA) is 40.6 Å². The van der Waals surface area contributed by atoms with Gasteiger partial charge in [-0.1, -0.05) is 24.4 Å². The fourth-order valence-corrected chi connectivity index (χ4v) is 4.81. The monoisotopic (exact) mass is 474 g/mol. The lowest BCUT2D eigenvalue weighted by molar-refractivity contribution is -0.136. The van der Waals surface area contributed by atoms with Crippen LogP contribution < -0.4 is 0 Å². The normalized spacial score (nSPS) is 19.6. The number of carbonyl (C=O) groups is 2. The fraction of sp³-hybridized carbons (Fsp3) is 0.579. The first kappa shape index (κ1) is 19.0. The van der Waals surface area contributed by atoms with Gasteiger partial charge in [0.1, 0.15) is 0 Å². The number of hydrogen-bond donors (Lipinski definition) is 0. The van der Waals surface area contributed by atoms with Gasteiger partial charge in [-0.2, -0.15) is 0 Å². The Kier molecular flexibility index (Phi) is 6.61. The van der Waals surface area contributed by atoms with E-state index >= 15 is 0 Å². The second kappa shape index (κ2) is 8.71.